The molecular formula is C12H12IN3O. The minimum Gasteiger partial charge on any atom is -0.352 e. The van der Waals surface area contributed by atoms with E-state index in [1.54, 1.807) is 12.5 Å². The molecule has 17 heavy (non-hydrogen) atoms. The van der Waals surface area contributed by atoms with Gasteiger partial charge in [0.2, 0.25) is 0 Å². The minimum absolute atomic E-state index is 0.0408. The van der Waals surface area contributed by atoms with Crippen LogP contribution in [-0.4, -0.2) is 22.4 Å². The molecule has 2 rings (SSSR count). The number of halogens is 1. The summed E-state index contributed by atoms with van der Waals surface area (Å²) in [5.74, 6) is -0.0408. The molecule has 1 heterocycles. The maximum Gasteiger partial charge on any atom is 0.251 e. The number of nitrogens with one attached hydrogen (secondary N) is 2. The number of H-pyrrole nitrogens is 1. The Labute approximate surface area is 113 Å². The van der Waals surface area contributed by atoms with Gasteiger partial charge in [-0.25, -0.2) is 4.98 Å². The SMILES string of the molecule is O=C(NCCc1cnc[nH]1)c1ccc(I)cc1. The Morgan fingerprint density at radius 1 is 1.35 bits per heavy atom. The Balaban J connectivity index is 1.83. The van der Waals surface area contributed by atoms with Crippen LogP contribution in [0.1, 0.15) is 16.1 Å². The average molecular weight is 341 g/mol. The van der Waals surface area contributed by atoms with E-state index in [2.05, 4.69) is 37.9 Å². The lowest BCUT2D eigenvalue weighted by Gasteiger charge is -2.04. The molecule has 0 aliphatic rings. The molecule has 2 N–H and O–H groups in total. The summed E-state index contributed by atoms with van der Waals surface area (Å²) >= 11 is 2.21. The highest BCUT2D eigenvalue weighted by atomic mass is 127. The zero-order valence-corrected chi connectivity index (χ0v) is 11.3. The van der Waals surface area contributed by atoms with Gasteiger partial charge in [0.15, 0.2) is 0 Å². The smallest absolute Gasteiger partial charge is 0.251 e. The second-order valence-corrected chi connectivity index (χ2v) is 4.84. The molecule has 1 aromatic carbocycles. The number of carbonyl (C=O) groups excluding carboxylic acids is 1. The number of rotatable bonds is 4. The molecule has 88 valence electrons. The Hall–Kier alpha value is -1.37. The molecule has 2 aromatic rings. The van der Waals surface area contributed by atoms with Gasteiger partial charge in [0.25, 0.3) is 5.91 Å². The molecule has 0 bridgehead atoms. The van der Waals surface area contributed by atoms with E-state index in [4.69, 9.17) is 0 Å². The van der Waals surface area contributed by atoms with Gasteiger partial charge in [-0.15, -0.1) is 0 Å². The number of amides is 1. The highest BCUT2D eigenvalue weighted by Crippen LogP contribution is 2.06. The maximum absolute atomic E-state index is 11.7. The number of carbonyl (C=O) groups is 1. The first-order chi connectivity index (χ1) is 8.25. The monoisotopic (exact) mass is 341 g/mol. The second-order valence-electron chi connectivity index (χ2n) is 3.59. The van der Waals surface area contributed by atoms with Crippen LogP contribution in [0.2, 0.25) is 0 Å². The Morgan fingerprint density at radius 2 is 2.12 bits per heavy atom. The molecule has 1 amide bonds. The molecule has 0 saturated heterocycles. The third-order valence-corrected chi connectivity index (χ3v) is 3.06. The average Bonchev–Trinajstić information content (AvgIpc) is 2.83. The standard InChI is InChI=1S/C12H12IN3O/c13-10-3-1-9(2-4-10)12(17)15-6-5-11-7-14-8-16-11/h1-4,7-8H,5-6H2,(H,14,16)(H,15,17). The Morgan fingerprint density at radius 3 is 2.76 bits per heavy atom. The summed E-state index contributed by atoms with van der Waals surface area (Å²) in [6.45, 7) is 0.604. The van der Waals surface area contributed by atoms with Crippen molar-refractivity contribution in [2.45, 2.75) is 6.42 Å². The molecule has 5 heteroatoms. The molecule has 1 aromatic heterocycles. The van der Waals surface area contributed by atoms with E-state index in [1.165, 1.54) is 0 Å². The second kappa shape index (κ2) is 5.81. The molecule has 4 nitrogen and oxygen atoms in total. The summed E-state index contributed by atoms with van der Waals surface area (Å²) in [7, 11) is 0. The number of nitrogens with zero attached hydrogens (tertiary/aromatic N) is 1. The van der Waals surface area contributed by atoms with Crippen LogP contribution in [0.3, 0.4) is 0 Å². The van der Waals surface area contributed by atoms with Crippen LogP contribution in [0.15, 0.2) is 36.8 Å². The van der Waals surface area contributed by atoms with Crippen molar-refractivity contribution in [2.24, 2.45) is 0 Å². The van der Waals surface area contributed by atoms with Gasteiger partial charge in [-0.1, -0.05) is 0 Å². The highest BCUT2D eigenvalue weighted by molar-refractivity contribution is 14.1. The van der Waals surface area contributed by atoms with Crippen molar-refractivity contribution in [3.8, 4) is 0 Å². The van der Waals surface area contributed by atoms with Gasteiger partial charge in [-0.05, 0) is 46.9 Å². The number of imidazole rings is 1. The lowest BCUT2D eigenvalue weighted by Crippen LogP contribution is -2.25. The Bertz CT molecular complexity index is 479. The van der Waals surface area contributed by atoms with Crippen LogP contribution in [0.4, 0.5) is 0 Å². The largest absolute Gasteiger partial charge is 0.352 e. The first-order valence-electron chi connectivity index (χ1n) is 5.27. The summed E-state index contributed by atoms with van der Waals surface area (Å²) in [5.41, 5.74) is 1.71. The maximum atomic E-state index is 11.7. The van der Waals surface area contributed by atoms with Crippen LogP contribution in [0.5, 0.6) is 0 Å². The summed E-state index contributed by atoms with van der Waals surface area (Å²) in [4.78, 5) is 18.7. The van der Waals surface area contributed by atoms with Crippen molar-refractivity contribution in [1.29, 1.82) is 0 Å². The normalized spacial score (nSPS) is 10.2. The molecule has 0 aliphatic carbocycles. The van der Waals surface area contributed by atoms with E-state index in [9.17, 15) is 4.79 Å². The third-order valence-electron chi connectivity index (χ3n) is 2.34. The quantitative estimate of drug-likeness (QED) is 0.836. The Kier molecular flexibility index (Phi) is 4.13. The first-order valence-corrected chi connectivity index (χ1v) is 6.34. The van der Waals surface area contributed by atoms with Crippen molar-refractivity contribution in [1.82, 2.24) is 15.3 Å². The van der Waals surface area contributed by atoms with Gasteiger partial charge < -0.3 is 10.3 Å². The summed E-state index contributed by atoms with van der Waals surface area (Å²) < 4.78 is 1.12. The van der Waals surface area contributed by atoms with E-state index in [0.717, 1.165) is 15.7 Å². The zero-order chi connectivity index (χ0) is 12.1. The van der Waals surface area contributed by atoms with Gasteiger partial charge >= 0.3 is 0 Å². The fourth-order valence-corrected chi connectivity index (χ4v) is 1.80. The predicted octanol–water partition coefficient (Wildman–Crippen LogP) is 1.99. The third kappa shape index (κ3) is 3.55. The van der Waals surface area contributed by atoms with E-state index < -0.39 is 0 Å². The topological polar surface area (TPSA) is 57.8 Å². The fourth-order valence-electron chi connectivity index (χ4n) is 1.44. The van der Waals surface area contributed by atoms with Gasteiger partial charge in [-0.2, -0.15) is 0 Å². The number of hydrogen-bond acceptors (Lipinski definition) is 2. The van der Waals surface area contributed by atoms with E-state index in [0.29, 0.717) is 12.1 Å². The summed E-state index contributed by atoms with van der Waals surface area (Å²) in [6, 6.07) is 7.50. The lowest BCUT2D eigenvalue weighted by molar-refractivity contribution is 0.0954. The van der Waals surface area contributed by atoms with Gasteiger partial charge in [0.05, 0.1) is 6.33 Å². The molecule has 0 fully saturated rings. The fraction of sp³-hybridized carbons (Fsp3) is 0.167. The number of benzene rings is 1. The molecule has 0 aliphatic heterocycles. The summed E-state index contributed by atoms with van der Waals surface area (Å²) in [6.07, 6.45) is 4.16. The summed E-state index contributed by atoms with van der Waals surface area (Å²) in [5, 5.41) is 2.87. The number of aromatic nitrogens is 2. The van der Waals surface area contributed by atoms with Crippen LogP contribution in [0.25, 0.3) is 0 Å². The zero-order valence-electron chi connectivity index (χ0n) is 9.11. The van der Waals surface area contributed by atoms with Crippen LogP contribution >= 0.6 is 22.6 Å². The van der Waals surface area contributed by atoms with Crippen LogP contribution in [0, 0.1) is 3.57 Å². The van der Waals surface area contributed by atoms with Crippen LogP contribution < -0.4 is 5.32 Å². The molecule has 0 radical (unpaired) electrons. The van der Waals surface area contributed by atoms with Crippen molar-refractivity contribution in [2.75, 3.05) is 6.54 Å². The molecular weight excluding hydrogens is 329 g/mol. The minimum atomic E-state index is -0.0408. The van der Waals surface area contributed by atoms with Crippen molar-refractivity contribution >= 4 is 28.5 Å². The van der Waals surface area contributed by atoms with E-state index >= 15 is 0 Å². The van der Waals surface area contributed by atoms with Crippen molar-refractivity contribution in [3.05, 3.63) is 51.6 Å². The molecule has 0 spiro atoms. The van der Waals surface area contributed by atoms with Crippen LogP contribution in [-0.2, 0) is 6.42 Å². The van der Waals surface area contributed by atoms with Crippen molar-refractivity contribution in [3.63, 3.8) is 0 Å². The molecule has 0 unspecified atom stereocenters. The number of hydrogen-bond donors (Lipinski definition) is 2. The van der Waals surface area contributed by atoms with Gasteiger partial charge in [0.1, 0.15) is 0 Å². The predicted molar refractivity (Wildman–Crippen MR) is 73.8 cm³/mol. The molecule has 0 atom stereocenters. The number of aromatic amines is 1. The first kappa shape index (κ1) is 12.1. The highest BCUT2D eigenvalue weighted by Gasteiger charge is 2.04. The lowest BCUT2D eigenvalue weighted by atomic mass is 10.2. The van der Waals surface area contributed by atoms with Gasteiger partial charge in [0, 0.05) is 34.0 Å². The van der Waals surface area contributed by atoms with Crippen molar-refractivity contribution < 1.29 is 4.79 Å². The molecule has 0 saturated carbocycles. The van der Waals surface area contributed by atoms with E-state index in [-0.39, 0.29) is 5.91 Å². The van der Waals surface area contributed by atoms with E-state index in [1.807, 2.05) is 24.3 Å². The van der Waals surface area contributed by atoms with Gasteiger partial charge in [-0.3, -0.25) is 4.79 Å².